The molecule has 0 aliphatic carbocycles. The minimum absolute atomic E-state index is 0.0381. The van der Waals surface area contributed by atoms with E-state index >= 15 is 0 Å². The van der Waals surface area contributed by atoms with Crippen LogP contribution in [0.5, 0.6) is 0 Å². The lowest BCUT2D eigenvalue weighted by Crippen LogP contribution is -2.38. The lowest BCUT2D eigenvalue weighted by molar-refractivity contribution is -0.175. The molecular weight excluding hydrogens is 192 g/mol. The second-order valence-electron chi connectivity index (χ2n) is 4.33. The Labute approximate surface area is 92.7 Å². The average Bonchev–Trinajstić information content (AvgIpc) is 2.24. The van der Waals surface area contributed by atoms with Gasteiger partial charge in [-0.3, -0.25) is 0 Å². The molecule has 2 N–H and O–H groups in total. The molecule has 1 saturated heterocycles. The molecule has 0 aromatic rings. The summed E-state index contributed by atoms with van der Waals surface area (Å²) in [5.74, 6) is 0.718. The highest BCUT2D eigenvalue weighted by atomic mass is 16.7. The molecule has 0 spiro atoms. The quantitative estimate of drug-likeness (QED) is 0.611. The summed E-state index contributed by atoms with van der Waals surface area (Å²) >= 11 is 0. The molecule has 1 aliphatic heterocycles. The molecule has 1 heterocycles. The van der Waals surface area contributed by atoms with E-state index in [2.05, 4.69) is 24.5 Å². The van der Waals surface area contributed by atoms with Gasteiger partial charge in [-0.15, -0.1) is 0 Å². The van der Waals surface area contributed by atoms with Crippen molar-refractivity contribution in [3.63, 3.8) is 0 Å². The maximum Gasteiger partial charge on any atom is 0.169 e. The summed E-state index contributed by atoms with van der Waals surface area (Å²) in [6.45, 7) is 9.94. The first-order valence-electron chi connectivity index (χ1n) is 5.93. The van der Waals surface area contributed by atoms with Gasteiger partial charge in [0.2, 0.25) is 0 Å². The first-order valence-corrected chi connectivity index (χ1v) is 5.93. The van der Waals surface area contributed by atoms with E-state index in [1.54, 1.807) is 0 Å². The van der Waals surface area contributed by atoms with Crippen LogP contribution in [-0.4, -0.2) is 45.7 Å². The number of nitrogens with one attached hydrogen (secondary N) is 2. The van der Waals surface area contributed by atoms with Gasteiger partial charge in [0.15, 0.2) is 6.29 Å². The smallest absolute Gasteiger partial charge is 0.169 e. The summed E-state index contributed by atoms with van der Waals surface area (Å²) in [5, 5.41) is 6.69. The van der Waals surface area contributed by atoms with Gasteiger partial charge in [-0.1, -0.05) is 13.8 Å². The molecule has 1 rings (SSSR count). The predicted molar refractivity (Wildman–Crippen MR) is 60.9 cm³/mol. The Morgan fingerprint density at radius 1 is 1.13 bits per heavy atom. The minimum Gasteiger partial charge on any atom is -0.351 e. The molecule has 0 aromatic heterocycles. The van der Waals surface area contributed by atoms with Crippen LogP contribution < -0.4 is 10.6 Å². The van der Waals surface area contributed by atoms with Crippen molar-refractivity contribution in [1.29, 1.82) is 0 Å². The molecule has 1 aliphatic rings. The third-order valence-electron chi connectivity index (χ3n) is 2.24. The van der Waals surface area contributed by atoms with Gasteiger partial charge >= 0.3 is 0 Å². The van der Waals surface area contributed by atoms with Crippen molar-refractivity contribution in [2.45, 2.75) is 26.6 Å². The Morgan fingerprint density at radius 3 is 2.47 bits per heavy atom. The standard InChI is InChI=1S/C11H24N2O2/c1-10(2)8-12-4-5-13-9-11-14-6-3-7-15-11/h10-13H,3-9H2,1-2H3. The van der Waals surface area contributed by atoms with E-state index in [-0.39, 0.29) is 6.29 Å². The lowest BCUT2D eigenvalue weighted by atomic mass is 10.2. The Balaban J connectivity index is 1.83. The molecule has 0 radical (unpaired) electrons. The molecule has 0 atom stereocenters. The fourth-order valence-corrected chi connectivity index (χ4v) is 1.44. The summed E-state index contributed by atoms with van der Waals surface area (Å²) < 4.78 is 10.8. The Hall–Kier alpha value is -0.160. The number of rotatable bonds is 7. The molecule has 0 bridgehead atoms. The van der Waals surface area contributed by atoms with Gasteiger partial charge in [0.05, 0.1) is 13.2 Å². The van der Waals surface area contributed by atoms with Crippen LogP contribution in [0.25, 0.3) is 0 Å². The number of ether oxygens (including phenoxy) is 2. The van der Waals surface area contributed by atoms with Gasteiger partial charge in [0.25, 0.3) is 0 Å². The van der Waals surface area contributed by atoms with Gasteiger partial charge in [0, 0.05) is 19.6 Å². The molecule has 0 saturated carbocycles. The van der Waals surface area contributed by atoms with Gasteiger partial charge in [0.1, 0.15) is 0 Å². The van der Waals surface area contributed by atoms with Gasteiger partial charge < -0.3 is 20.1 Å². The molecule has 0 amide bonds. The number of hydrogen-bond acceptors (Lipinski definition) is 4. The summed E-state index contributed by atoms with van der Waals surface area (Å²) in [4.78, 5) is 0. The molecule has 1 fully saturated rings. The Kier molecular flexibility index (Phi) is 6.92. The molecule has 15 heavy (non-hydrogen) atoms. The van der Waals surface area contributed by atoms with Gasteiger partial charge in [-0.2, -0.15) is 0 Å². The molecule has 0 unspecified atom stereocenters. The fourth-order valence-electron chi connectivity index (χ4n) is 1.44. The largest absolute Gasteiger partial charge is 0.351 e. The second-order valence-corrected chi connectivity index (χ2v) is 4.33. The van der Waals surface area contributed by atoms with E-state index in [4.69, 9.17) is 9.47 Å². The van der Waals surface area contributed by atoms with E-state index < -0.39 is 0 Å². The zero-order valence-electron chi connectivity index (χ0n) is 9.92. The maximum atomic E-state index is 5.42. The van der Waals surface area contributed by atoms with Gasteiger partial charge in [-0.05, 0) is 18.9 Å². The van der Waals surface area contributed by atoms with Crippen molar-refractivity contribution in [1.82, 2.24) is 10.6 Å². The van der Waals surface area contributed by atoms with Crippen molar-refractivity contribution in [2.75, 3.05) is 39.4 Å². The number of hydrogen-bond donors (Lipinski definition) is 2. The predicted octanol–water partition coefficient (Wildman–Crippen LogP) is 0.585. The molecule has 4 nitrogen and oxygen atoms in total. The summed E-state index contributed by atoms with van der Waals surface area (Å²) in [7, 11) is 0. The van der Waals surface area contributed by atoms with Crippen LogP contribution in [0, 0.1) is 5.92 Å². The average molecular weight is 216 g/mol. The molecule has 90 valence electrons. The Bertz CT molecular complexity index is 148. The van der Waals surface area contributed by atoms with Crippen LogP contribution in [0.1, 0.15) is 20.3 Å². The van der Waals surface area contributed by atoms with E-state index in [1.807, 2.05) is 0 Å². The zero-order chi connectivity index (χ0) is 10.9. The van der Waals surface area contributed by atoms with Crippen LogP contribution in [0.2, 0.25) is 0 Å². The molecule has 0 aromatic carbocycles. The van der Waals surface area contributed by atoms with E-state index in [0.29, 0.717) is 0 Å². The third kappa shape index (κ3) is 6.84. The van der Waals surface area contributed by atoms with Crippen LogP contribution in [0.4, 0.5) is 0 Å². The summed E-state index contributed by atoms with van der Waals surface area (Å²) in [6.07, 6.45) is 0.982. The van der Waals surface area contributed by atoms with E-state index in [9.17, 15) is 0 Å². The summed E-state index contributed by atoms with van der Waals surface area (Å²) in [6, 6.07) is 0. The van der Waals surface area contributed by atoms with Crippen LogP contribution in [-0.2, 0) is 9.47 Å². The fraction of sp³-hybridized carbons (Fsp3) is 1.00. The van der Waals surface area contributed by atoms with Crippen molar-refractivity contribution in [3.05, 3.63) is 0 Å². The van der Waals surface area contributed by atoms with E-state index in [1.165, 1.54) is 0 Å². The highest BCUT2D eigenvalue weighted by molar-refractivity contribution is 4.58. The monoisotopic (exact) mass is 216 g/mol. The topological polar surface area (TPSA) is 42.5 Å². The first kappa shape index (κ1) is 12.9. The summed E-state index contributed by atoms with van der Waals surface area (Å²) in [5.41, 5.74) is 0. The molecular formula is C11H24N2O2. The van der Waals surface area contributed by atoms with Crippen molar-refractivity contribution >= 4 is 0 Å². The maximum absolute atomic E-state index is 5.42. The first-order chi connectivity index (χ1) is 7.29. The highest BCUT2D eigenvalue weighted by Gasteiger charge is 2.12. The van der Waals surface area contributed by atoms with Crippen molar-refractivity contribution in [3.8, 4) is 0 Å². The normalized spacial score (nSPS) is 18.6. The van der Waals surface area contributed by atoms with Crippen LogP contribution in [0.15, 0.2) is 0 Å². The third-order valence-corrected chi connectivity index (χ3v) is 2.24. The van der Waals surface area contributed by atoms with Crippen LogP contribution in [0.3, 0.4) is 0 Å². The lowest BCUT2D eigenvalue weighted by Gasteiger charge is -2.23. The molecule has 4 heteroatoms. The zero-order valence-corrected chi connectivity index (χ0v) is 9.92. The SMILES string of the molecule is CC(C)CNCCNCC1OCCCO1. The van der Waals surface area contributed by atoms with Crippen molar-refractivity contribution in [2.24, 2.45) is 5.92 Å². The van der Waals surface area contributed by atoms with Crippen LogP contribution >= 0.6 is 0 Å². The second kappa shape index (κ2) is 8.05. The minimum atomic E-state index is -0.0381. The van der Waals surface area contributed by atoms with Gasteiger partial charge in [-0.25, -0.2) is 0 Å². The Morgan fingerprint density at radius 2 is 1.80 bits per heavy atom. The van der Waals surface area contributed by atoms with E-state index in [0.717, 1.165) is 51.7 Å². The highest BCUT2D eigenvalue weighted by Crippen LogP contribution is 2.02. The van der Waals surface area contributed by atoms with Crippen molar-refractivity contribution < 1.29 is 9.47 Å².